The maximum absolute atomic E-state index is 12.2. The van der Waals surface area contributed by atoms with Crippen LogP contribution in [0.25, 0.3) is 32.9 Å². The van der Waals surface area contributed by atoms with Crippen LogP contribution in [0.4, 0.5) is 13.2 Å². The molecule has 0 unspecified atom stereocenters. The van der Waals surface area contributed by atoms with E-state index in [1.165, 1.54) is 38.2 Å². The van der Waals surface area contributed by atoms with Crippen LogP contribution in [0.2, 0.25) is 0 Å². The molecule has 0 spiro atoms. The van der Waals surface area contributed by atoms with Gasteiger partial charge < -0.3 is 10.2 Å². The zero-order valence-corrected chi connectivity index (χ0v) is 37.3. The first-order chi connectivity index (χ1) is 29.9. The van der Waals surface area contributed by atoms with Crippen LogP contribution in [0, 0.1) is 12.1 Å². The normalized spacial score (nSPS) is 11.0. The second-order valence-corrected chi connectivity index (χ2v) is 18.4. The number of pyridine rings is 3. The van der Waals surface area contributed by atoms with E-state index in [2.05, 4.69) is 173 Å². The van der Waals surface area contributed by atoms with Gasteiger partial charge in [0.25, 0.3) is 0 Å². The third kappa shape index (κ3) is 10.6. The molecule has 10 rings (SSSR count). The van der Waals surface area contributed by atoms with E-state index in [0.29, 0.717) is 5.69 Å². The number of hydrogen-bond donors (Lipinski definition) is 0. The third-order valence-corrected chi connectivity index (χ3v) is 15.0. The topological polar surface area (TPSA) is 65.7 Å². The van der Waals surface area contributed by atoms with Gasteiger partial charge in [-0.1, -0.05) is 107 Å². The van der Waals surface area contributed by atoms with Crippen molar-refractivity contribution in [1.29, 1.82) is 0 Å². The van der Waals surface area contributed by atoms with E-state index in [9.17, 15) is 13.2 Å². The minimum absolute atomic E-state index is 0. The van der Waals surface area contributed by atoms with E-state index in [1.807, 2.05) is 36.7 Å². The maximum Gasteiger partial charge on any atom is 3.00 e. The summed E-state index contributed by atoms with van der Waals surface area (Å²) < 4.78 is 36.6. The molecule has 0 saturated carbocycles. The predicted molar refractivity (Wildman–Crippen MR) is 247 cm³/mol. The molecule has 0 saturated heterocycles. The smallest absolute Gasteiger partial charge is 0.573 e. The van der Waals surface area contributed by atoms with Crippen molar-refractivity contribution >= 4 is 69.5 Å². The van der Waals surface area contributed by atoms with Crippen LogP contribution in [0.15, 0.2) is 213 Å². The van der Waals surface area contributed by atoms with Gasteiger partial charge in [-0.15, -0.1) is 59.3 Å². The van der Waals surface area contributed by atoms with E-state index in [-0.39, 0.29) is 25.8 Å². The Labute approximate surface area is 374 Å². The summed E-state index contributed by atoms with van der Waals surface area (Å²) in [7, 11) is -2.29. The molecule has 0 aliphatic heterocycles. The van der Waals surface area contributed by atoms with E-state index in [4.69, 9.17) is 9.97 Å². The Morgan fingerprint density at radius 3 is 1.24 bits per heavy atom. The molecule has 0 amide bonds. The summed E-state index contributed by atoms with van der Waals surface area (Å²) in [6, 6.07) is 71.8. The maximum atomic E-state index is 12.2. The van der Waals surface area contributed by atoms with Crippen molar-refractivity contribution in [3.05, 3.63) is 231 Å². The van der Waals surface area contributed by atoms with Crippen molar-refractivity contribution in [2.45, 2.75) is 6.18 Å². The average molecular weight is 1030 g/mol. The molecule has 0 radical (unpaired) electrons. The molecule has 4 aromatic heterocycles. The van der Waals surface area contributed by atoms with Crippen LogP contribution < -0.4 is 37.2 Å². The number of rotatable bonds is 7. The fourth-order valence-corrected chi connectivity index (χ4v) is 12.1. The Morgan fingerprint density at radius 1 is 0.452 bits per heavy atom. The third-order valence-electron chi connectivity index (χ3n) is 9.65. The Bertz CT molecular complexity index is 2680. The molecule has 0 fully saturated rings. The first-order valence-electron chi connectivity index (χ1n) is 19.4. The minimum Gasteiger partial charge on any atom is -0.573 e. The van der Waals surface area contributed by atoms with E-state index in [1.54, 1.807) is 18.2 Å². The van der Waals surface area contributed by atoms with Crippen LogP contribution in [0.5, 0.6) is 0 Å². The second kappa shape index (κ2) is 21.1. The second-order valence-electron chi connectivity index (χ2n) is 13.6. The van der Waals surface area contributed by atoms with E-state index < -0.39 is 27.7 Å². The molecule has 0 aliphatic rings. The molecule has 6 aromatic carbocycles. The summed E-state index contributed by atoms with van der Waals surface area (Å²) in [5, 5.41) is 16.5. The average Bonchev–Trinajstić information content (AvgIpc) is 3.84. The molecule has 0 atom stereocenters. The zero-order chi connectivity index (χ0) is 41.9. The first-order valence-corrected chi connectivity index (χ1v) is 22.4. The quantitative estimate of drug-likeness (QED) is 0.118. The number of hydrogen-bond acceptors (Lipinski definition) is 4. The summed E-state index contributed by atoms with van der Waals surface area (Å²) in [6.07, 6.45) is 0.863. The van der Waals surface area contributed by atoms with E-state index >= 15 is 0 Å². The fourth-order valence-electron chi connectivity index (χ4n) is 6.85. The number of aromatic nitrogens is 5. The van der Waals surface area contributed by atoms with Gasteiger partial charge in [-0.2, -0.15) is 13.2 Å². The van der Waals surface area contributed by atoms with Gasteiger partial charge in [-0.3, -0.25) is 15.0 Å². The van der Waals surface area contributed by atoms with Gasteiger partial charge in [0.15, 0.2) is 0 Å². The predicted octanol–water partition coefficient (Wildman–Crippen LogP) is 9.17. The number of halogens is 3. The molecule has 5 nitrogen and oxygen atoms in total. The van der Waals surface area contributed by atoms with Crippen molar-refractivity contribution in [2.24, 2.45) is 0 Å². The SMILES string of the molecule is FC(F)(F)c1cc(-c2ccccn2)[n-]n1.[Ir+3].[c-]1cccc2ccnc([PH+](c3ccccc3)c3ccccc3)c12.[c-]1cccc2ccnc([PH+](c3ccccc3)c3ccccc3)c12. The van der Waals surface area contributed by atoms with Crippen LogP contribution in [0.3, 0.4) is 0 Å². The van der Waals surface area contributed by atoms with Gasteiger partial charge in [0, 0.05) is 24.3 Å². The van der Waals surface area contributed by atoms with Crippen molar-refractivity contribution in [3.8, 4) is 11.4 Å². The first kappa shape index (κ1) is 43.9. The Balaban J connectivity index is 0.000000142. The molecular weight excluding hydrogens is 994 g/mol. The standard InChI is InChI=1S/2C21H15NP.C9H5F3N3.Ir/c2*1-3-10-18(11-4-1)23(19-12-5-2-6-13-19)21-20-14-8-7-9-17(20)15-16-22-21;10-9(11,12)8-5-7(14-15-8)6-3-1-2-4-13-6;/h2*1-13,15-16H;1-5H;/q3*-1;+3/p+2. The molecule has 0 bridgehead atoms. The largest absolute Gasteiger partial charge is 3.00 e. The number of nitrogens with zero attached hydrogens (tertiary/aromatic N) is 5. The minimum atomic E-state index is -4.46. The molecular formula is C51H37F3IrN5P2+2. The summed E-state index contributed by atoms with van der Waals surface area (Å²) in [5.41, 5.74) is 1.82. The number of fused-ring (bicyclic) bond motifs is 2. The van der Waals surface area contributed by atoms with Gasteiger partial charge in [0.05, 0.1) is 37.1 Å². The van der Waals surface area contributed by atoms with Gasteiger partial charge >= 0.3 is 26.3 Å². The number of alkyl halides is 3. The number of benzene rings is 6. The monoisotopic (exact) mass is 1030 g/mol. The van der Waals surface area contributed by atoms with Crippen molar-refractivity contribution < 1.29 is 33.3 Å². The van der Waals surface area contributed by atoms with Crippen LogP contribution >= 0.6 is 15.8 Å². The summed E-state index contributed by atoms with van der Waals surface area (Å²) in [5.74, 6) is 0. The zero-order valence-electron chi connectivity index (χ0n) is 32.9. The Hall–Kier alpha value is -6.20. The van der Waals surface area contributed by atoms with Gasteiger partial charge in [0.1, 0.15) is 16.6 Å². The molecule has 304 valence electrons. The van der Waals surface area contributed by atoms with Gasteiger partial charge in [-0.25, -0.2) is 0 Å². The van der Waals surface area contributed by atoms with E-state index in [0.717, 1.165) is 27.7 Å². The van der Waals surface area contributed by atoms with Gasteiger partial charge in [0.2, 0.25) is 0 Å². The fraction of sp³-hybridized carbons (Fsp3) is 0.0196. The van der Waals surface area contributed by atoms with Crippen LogP contribution in [-0.2, 0) is 26.3 Å². The van der Waals surface area contributed by atoms with Crippen molar-refractivity contribution in [1.82, 2.24) is 25.1 Å². The summed E-state index contributed by atoms with van der Waals surface area (Å²) in [6.45, 7) is 0. The summed E-state index contributed by atoms with van der Waals surface area (Å²) in [4.78, 5) is 13.4. The van der Waals surface area contributed by atoms with Crippen molar-refractivity contribution in [3.63, 3.8) is 0 Å². The molecule has 62 heavy (non-hydrogen) atoms. The molecule has 0 N–H and O–H groups in total. The van der Waals surface area contributed by atoms with Crippen LogP contribution in [0.1, 0.15) is 5.69 Å². The molecule has 11 heteroatoms. The molecule has 4 heterocycles. The Kier molecular flexibility index (Phi) is 14.9. The van der Waals surface area contributed by atoms with Crippen molar-refractivity contribution in [2.75, 3.05) is 0 Å². The molecule has 10 aromatic rings. The summed E-state index contributed by atoms with van der Waals surface area (Å²) >= 11 is 0. The van der Waals surface area contributed by atoms with Crippen LogP contribution in [-0.4, -0.2) is 20.1 Å². The Morgan fingerprint density at radius 2 is 0.871 bits per heavy atom. The molecule has 0 aliphatic carbocycles. The van der Waals surface area contributed by atoms with Gasteiger partial charge in [-0.05, 0) is 66.7 Å².